The van der Waals surface area contributed by atoms with Crippen molar-refractivity contribution in [2.45, 2.75) is 43.4 Å². The average Bonchev–Trinajstić information content (AvgIpc) is 3.22. The standard InChI is InChI=1S/C29H30N2O4S2/c1-35-29(34)27-23-14-7-2-3-8-15-24(23)37-28(27)31-26(33)19-36-22-13-9-12-21(18-22)30-25(32)17-16-20-10-5-4-6-11-20/h4-6,9-13,16-18H,2-3,7-8,14-15,19H2,1H3,(H,30,32)(H,31,33)/b17-16+. The number of carbonyl (C=O) groups excluding carboxylic acids is 3. The van der Waals surface area contributed by atoms with Gasteiger partial charge in [-0.1, -0.05) is 49.2 Å². The molecule has 0 unspecified atom stereocenters. The second kappa shape index (κ2) is 13.3. The minimum atomic E-state index is -0.397. The van der Waals surface area contributed by atoms with Crippen molar-refractivity contribution in [2.24, 2.45) is 0 Å². The summed E-state index contributed by atoms with van der Waals surface area (Å²) in [6, 6.07) is 17.0. The number of thiophene rings is 1. The molecule has 4 rings (SSSR count). The van der Waals surface area contributed by atoms with Crippen molar-refractivity contribution >= 4 is 57.6 Å². The van der Waals surface area contributed by atoms with E-state index in [4.69, 9.17) is 4.74 Å². The van der Waals surface area contributed by atoms with Gasteiger partial charge < -0.3 is 15.4 Å². The number of nitrogens with one attached hydrogen (secondary N) is 2. The highest BCUT2D eigenvalue weighted by atomic mass is 32.2. The number of hydrogen-bond donors (Lipinski definition) is 2. The first-order valence-electron chi connectivity index (χ1n) is 12.3. The number of benzene rings is 2. The number of thioether (sulfide) groups is 1. The molecule has 0 saturated carbocycles. The van der Waals surface area contributed by atoms with Crippen molar-refractivity contribution in [1.29, 1.82) is 0 Å². The van der Waals surface area contributed by atoms with Gasteiger partial charge in [-0.2, -0.15) is 0 Å². The number of rotatable bonds is 8. The highest BCUT2D eigenvalue weighted by Crippen LogP contribution is 2.37. The van der Waals surface area contributed by atoms with Gasteiger partial charge in [0.15, 0.2) is 0 Å². The summed E-state index contributed by atoms with van der Waals surface area (Å²) >= 11 is 2.86. The van der Waals surface area contributed by atoms with E-state index in [9.17, 15) is 14.4 Å². The maximum Gasteiger partial charge on any atom is 0.341 e. The number of esters is 1. The second-order valence-corrected chi connectivity index (χ2v) is 10.9. The monoisotopic (exact) mass is 534 g/mol. The van der Waals surface area contributed by atoms with Crippen LogP contribution >= 0.6 is 23.1 Å². The SMILES string of the molecule is COC(=O)c1c(NC(=O)CSc2cccc(NC(=O)/C=C/c3ccccc3)c2)sc2c1CCCCCC2. The third-order valence-electron chi connectivity index (χ3n) is 6.01. The fourth-order valence-corrected chi connectivity index (χ4v) is 6.27. The van der Waals surface area contributed by atoms with Crippen LogP contribution in [0.25, 0.3) is 6.08 Å². The Morgan fingerprint density at radius 2 is 1.76 bits per heavy atom. The minimum Gasteiger partial charge on any atom is -0.465 e. The van der Waals surface area contributed by atoms with E-state index < -0.39 is 5.97 Å². The lowest BCUT2D eigenvalue weighted by atomic mass is 9.96. The summed E-state index contributed by atoms with van der Waals surface area (Å²) in [6.45, 7) is 0. The zero-order valence-corrected chi connectivity index (χ0v) is 22.4. The van der Waals surface area contributed by atoms with E-state index in [1.54, 1.807) is 6.08 Å². The van der Waals surface area contributed by atoms with Crippen molar-refractivity contribution in [3.05, 3.63) is 82.2 Å². The van der Waals surface area contributed by atoms with Gasteiger partial charge in [-0.05, 0) is 61.1 Å². The molecular weight excluding hydrogens is 504 g/mol. The van der Waals surface area contributed by atoms with Gasteiger partial charge >= 0.3 is 5.97 Å². The number of anilines is 2. The highest BCUT2D eigenvalue weighted by molar-refractivity contribution is 8.00. The third kappa shape index (κ3) is 7.57. The molecule has 37 heavy (non-hydrogen) atoms. The zero-order chi connectivity index (χ0) is 26.0. The van der Waals surface area contributed by atoms with Crippen molar-refractivity contribution in [3.63, 3.8) is 0 Å². The van der Waals surface area contributed by atoms with E-state index >= 15 is 0 Å². The molecule has 0 spiro atoms. The lowest BCUT2D eigenvalue weighted by Crippen LogP contribution is -2.16. The predicted molar refractivity (Wildman–Crippen MR) is 151 cm³/mol. The molecule has 3 aromatic rings. The molecule has 2 N–H and O–H groups in total. The Balaban J connectivity index is 1.37. The first kappa shape index (κ1) is 26.7. The molecule has 8 heteroatoms. The topological polar surface area (TPSA) is 84.5 Å². The van der Waals surface area contributed by atoms with Gasteiger partial charge in [0, 0.05) is 21.5 Å². The van der Waals surface area contributed by atoms with E-state index in [1.165, 1.54) is 47.6 Å². The Bertz CT molecular complexity index is 1280. The number of fused-ring (bicyclic) bond motifs is 1. The van der Waals surface area contributed by atoms with Gasteiger partial charge in [0.05, 0.1) is 18.4 Å². The van der Waals surface area contributed by atoms with Crippen LogP contribution in [-0.4, -0.2) is 30.6 Å². The summed E-state index contributed by atoms with van der Waals surface area (Å²) in [4.78, 5) is 39.7. The summed E-state index contributed by atoms with van der Waals surface area (Å²) in [6.07, 6.45) is 9.47. The van der Waals surface area contributed by atoms with Crippen LogP contribution in [0.15, 0.2) is 65.6 Å². The van der Waals surface area contributed by atoms with E-state index in [0.717, 1.165) is 48.1 Å². The summed E-state index contributed by atoms with van der Waals surface area (Å²) in [5.74, 6) is -0.642. The maximum absolute atomic E-state index is 12.8. The normalized spacial score (nSPS) is 13.3. The van der Waals surface area contributed by atoms with Gasteiger partial charge in [-0.3, -0.25) is 9.59 Å². The second-order valence-electron chi connectivity index (χ2n) is 8.71. The fourth-order valence-electron chi connectivity index (χ4n) is 4.22. The van der Waals surface area contributed by atoms with E-state index in [1.807, 2.05) is 54.6 Å². The molecule has 0 atom stereocenters. The maximum atomic E-state index is 12.8. The highest BCUT2D eigenvalue weighted by Gasteiger charge is 2.25. The molecule has 6 nitrogen and oxygen atoms in total. The van der Waals surface area contributed by atoms with Crippen molar-refractivity contribution in [3.8, 4) is 0 Å². The van der Waals surface area contributed by atoms with Crippen LogP contribution in [0.5, 0.6) is 0 Å². The van der Waals surface area contributed by atoms with Gasteiger partial charge in [0.25, 0.3) is 0 Å². The van der Waals surface area contributed by atoms with Crippen LogP contribution in [0.4, 0.5) is 10.7 Å². The molecule has 1 heterocycles. The lowest BCUT2D eigenvalue weighted by Gasteiger charge is -2.11. The molecule has 0 bridgehead atoms. The van der Waals surface area contributed by atoms with Crippen molar-refractivity contribution in [1.82, 2.24) is 0 Å². The number of amides is 2. The minimum absolute atomic E-state index is 0.175. The van der Waals surface area contributed by atoms with Crippen LogP contribution in [0.2, 0.25) is 0 Å². The quantitative estimate of drug-likeness (QED) is 0.194. The fraction of sp³-hybridized carbons (Fsp3) is 0.276. The molecule has 2 aromatic carbocycles. The molecule has 192 valence electrons. The number of carbonyl (C=O) groups is 3. The molecule has 0 saturated heterocycles. The largest absolute Gasteiger partial charge is 0.465 e. The Hall–Kier alpha value is -3.36. The van der Waals surface area contributed by atoms with Crippen LogP contribution in [-0.2, 0) is 27.2 Å². The van der Waals surface area contributed by atoms with E-state index in [-0.39, 0.29) is 17.6 Å². The number of aryl methyl sites for hydroxylation is 1. The number of methoxy groups -OCH3 is 1. The third-order valence-corrected chi connectivity index (χ3v) is 8.21. The van der Waals surface area contributed by atoms with E-state index in [2.05, 4.69) is 10.6 Å². The average molecular weight is 535 g/mol. The number of ether oxygens (including phenoxy) is 1. The summed E-state index contributed by atoms with van der Waals surface area (Å²) in [5.41, 5.74) is 3.14. The molecular formula is C29H30N2O4S2. The lowest BCUT2D eigenvalue weighted by molar-refractivity contribution is -0.114. The molecule has 0 fully saturated rings. The number of hydrogen-bond acceptors (Lipinski definition) is 6. The van der Waals surface area contributed by atoms with Gasteiger partial charge in [-0.25, -0.2) is 4.79 Å². The van der Waals surface area contributed by atoms with Crippen LogP contribution in [0, 0.1) is 0 Å². The molecule has 2 amide bonds. The first-order valence-corrected chi connectivity index (χ1v) is 14.1. The Morgan fingerprint density at radius 1 is 0.973 bits per heavy atom. The van der Waals surface area contributed by atoms with Crippen LogP contribution in [0.3, 0.4) is 0 Å². The van der Waals surface area contributed by atoms with Crippen LogP contribution < -0.4 is 10.6 Å². The molecule has 1 aromatic heterocycles. The Kier molecular flexibility index (Phi) is 9.57. The smallest absolute Gasteiger partial charge is 0.341 e. The van der Waals surface area contributed by atoms with Gasteiger partial charge in [0.1, 0.15) is 5.00 Å². The summed E-state index contributed by atoms with van der Waals surface area (Å²) in [5, 5.41) is 6.39. The Morgan fingerprint density at radius 3 is 2.54 bits per heavy atom. The predicted octanol–water partition coefficient (Wildman–Crippen LogP) is 6.58. The van der Waals surface area contributed by atoms with E-state index in [0.29, 0.717) is 16.3 Å². The zero-order valence-electron chi connectivity index (χ0n) is 20.8. The molecule has 1 aliphatic rings. The van der Waals surface area contributed by atoms with Gasteiger partial charge in [0.2, 0.25) is 11.8 Å². The Labute approximate surface area is 225 Å². The first-order chi connectivity index (χ1) is 18.0. The summed E-state index contributed by atoms with van der Waals surface area (Å²) in [7, 11) is 1.38. The van der Waals surface area contributed by atoms with Crippen LogP contribution in [0.1, 0.15) is 52.0 Å². The molecule has 0 radical (unpaired) electrons. The summed E-state index contributed by atoms with van der Waals surface area (Å²) < 4.78 is 5.04. The van der Waals surface area contributed by atoms with Gasteiger partial charge in [-0.15, -0.1) is 23.1 Å². The van der Waals surface area contributed by atoms with Crippen molar-refractivity contribution in [2.75, 3.05) is 23.5 Å². The molecule has 1 aliphatic carbocycles. The van der Waals surface area contributed by atoms with Crippen molar-refractivity contribution < 1.29 is 19.1 Å². The molecule has 0 aliphatic heterocycles.